The summed E-state index contributed by atoms with van der Waals surface area (Å²) in [4.78, 5) is 47.9. The maximum atomic E-state index is 12.4. The smallest absolute Gasteiger partial charge is 0.458 e. The zero-order valence-electron chi connectivity index (χ0n) is 22.2. The minimum atomic E-state index is -1.09. The van der Waals surface area contributed by atoms with Crippen LogP contribution in [-0.4, -0.2) is 62.0 Å². The Bertz CT molecular complexity index is 910. The Morgan fingerprint density at radius 3 is 1.97 bits per heavy atom. The molecule has 208 valence electrons. The van der Waals surface area contributed by atoms with E-state index in [0.717, 1.165) is 0 Å². The van der Waals surface area contributed by atoms with E-state index in [9.17, 15) is 19.2 Å². The molecule has 12 nitrogen and oxygen atoms in total. The fourth-order valence-corrected chi connectivity index (χ4v) is 2.57. The number of rotatable bonds is 12. The van der Waals surface area contributed by atoms with Crippen molar-refractivity contribution in [2.45, 2.75) is 78.6 Å². The third-order valence-electron chi connectivity index (χ3n) is 4.14. The van der Waals surface area contributed by atoms with Gasteiger partial charge in [0, 0.05) is 0 Å². The largest absolute Gasteiger partial charge is 0.513 e. The van der Waals surface area contributed by atoms with E-state index >= 15 is 0 Å². The van der Waals surface area contributed by atoms with Crippen LogP contribution in [0, 0.1) is 0 Å². The molecule has 1 aromatic rings. The van der Waals surface area contributed by atoms with Crippen LogP contribution in [0.2, 0.25) is 0 Å². The molecule has 0 aromatic heterocycles. The third-order valence-corrected chi connectivity index (χ3v) is 4.14. The van der Waals surface area contributed by atoms with Crippen LogP contribution >= 0.6 is 0 Å². The van der Waals surface area contributed by atoms with Crippen LogP contribution in [0.3, 0.4) is 0 Å². The average Bonchev–Trinajstić information content (AvgIpc) is 2.80. The van der Waals surface area contributed by atoms with Gasteiger partial charge >= 0.3 is 24.4 Å². The molecule has 0 amide bonds. The van der Waals surface area contributed by atoms with Gasteiger partial charge in [-0.1, -0.05) is 19.9 Å². The summed E-state index contributed by atoms with van der Waals surface area (Å²) in [6, 6.07) is 3.21. The van der Waals surface area contributed by atoms with E-state index in [1.54, 1.807) is 20.8 Å². The van der Waals surface area contributed by atoms with Crippen LogP contribution < -0.4 is 15.2 Å². The van der Waals surface area contributed by atoms with Gasteiger partial charge in [-0.15, -0.1) is 0 Å². The number of benzene rings is 1. The highest BCUT2D eigenvalue weighted by molar-refractivity contribution is 5.76. The lowest BCUT2D eigenvalue weighted by atomic mass is 10.1. The summed E-state index contributed by atoms with van der Waals surface area (Å²) >= 11 is 0. The summed E-state index contributed by atoms with van der Waals surface area (Å²) in [5.41, 5.74) is 5.75. The number of carbonyl (C=O) groups excluding carboxylic acids is 4. The second kappa shape index (κ2) is 15.5. The summed E-state index contributed by atoms with van der Waals surface area (Å²) in [7, 11) is 0. The molecule has 0 aliphatic heterocycles. The fourth-order valence-electron chi connectivity index (χ4n) is 2.57. The molecule has 0 heterocycles. The molecule has 0 aliphatic rings. The Hall–Kier alpha value is -3.54. The summed E-state index contributed by atoms with van der Waals surface area (Å²) in [6.07, 6.45) is -2.44. The molecule has 2 atom stereocenters. The minimum Gasteiger partial charge on any atom is -0.458 e. The third kappa shape index (κ3) is 13.4. The van der Waals surface area contributed by atoms with Crippen molar-refractivity contribution in [2.24, 2.45) is 5.73 Å². The SMILES string of the molecule is CCCOC(=O)Oc1ccc(C[C@H](N)C(=O)O[C@@H](C)COC(=O)OC(C)(C)C)cc1OC(=O)OCCC. The molecular formula is C25H37NO11. The van der Waals surface area contributed by atoms with Crippen LogP contribution in [-0.2, 0) is 34.9 Å². The quantitative estimate of drug-likeness (QED) is 0.234. The molecule has 0 fully saturated rings. The van der Waals surface area contributed by atoms with Crippen LogP contribution in [0.15, 0.2) is 18.2 Å². The fraction of sp³-hybridized carbons (Fsp3) is 0.600. The van der Waals surface area contributed by atoms with E-state index in [1.165, 1.54) is 25.1 Å². The lowest BCUT2D eigenvalue weighted by Crippen LogP contribution is -2.37. The minimum absolute atomic E-state index is 0.000590. The zero-order valence-corrected chi connectivity index (χ0v) is 22.2. The average molecular weight is 528 g/mol. The molecule has 1 rings (SSSR count). The second-order valence-corrected chi connectivity index (χ2v) is 9.02. The van der Waals surface area contributed by atoms with E-state index in [1.807, 2.05) is 13.8 Å². The lowest BCUT2D eigenvalue weighted by Gasteiger charge is -2.20. The number of esters is 1. The Labute approximate surface area is 216 Å². The number of hydrogen-bond acceptors (Lipinski definition) is 12. The Balaban J connectivity index is 2.81. The van der Waals surface area contributed by atoms with Crippen LogP contribution in [0.25, 0.3) is 0 Å². The van der Waals surface area contributed by atoms with Gasteiger partial charge in [0.15, 0.2) is 11.5 Å². The van der Waals surface area contributed by atoms with Crippen molar-refractivity contribution in [1.29, 1.82) is 0 Å². The van der Waals surface area contributed by atoms with Gasteiger partial charge in [0.1, 0.15) is 24.4 Å². The van der Waals surface area contributed by atoms with Crippen LogP contribution in [0.5, 0.6) is 11.5 Å². The highest BCUT2D eigenvalue weighted by atomic mass is 16.8. The molecule has 0 saturated carbocycles. The standard InChI is InChI=1S/C25H37NO11/c1-7-11-31-22(28)35-19-10-9-17(14-20(19)36-23(29)32-12-8-2)13-18(26)21(27)34-16(3)15-33-24(30)37-25(4,5)6/h9-10,14,16,18H,7-8,11-13,15,26H2,1-6H3/t16-,18-/m0/s1. The van der Waals surface area contributed by atoms with Gasteiger partial charge in [0.05, 0.1) is 13.2 Å². The van der Waals surface area contributed by atoms with Crippen molar-refractivity contribution >= 4 is 24.4 Å². The van der Waals surface area contributed by atoms with E-state index < -0.39 is 42.2 Å². The normalized spacial score (nSPS) is 12.5. The molecule has 37 heavy (non-hydrogen) atoms. The van der Waals surface area contributed by atoms with Crippen molar-refractivity contribution in [1.82, 2.24) is 0 Å². The van der Waals surface area contributed by atoms with E-state index in [0.29, 0.717) is 18.4 Å². The van der Waals surface area contributed by atoms with E-state index in [4.69, 9.17) is 38.9 Å². The molecule has 0 saturated heterocycles. The maximum Gasteiger partial charge on any atom is 0.513 e. The number of nitrogens with two attached hydrogens (primary N) is 1. The summed E-state index contributed by atoms with van der Waals surface area (Å²) in [6.45, 7) is 10.3. The first-order valence-corrected chi connectivity index (χ1v) is 12.0. The molecule has 0 spiro atoms. The summed E-state index contributed by atoms with van der Waals surface area (Å²) < 4.78 is 35.3. The molecule has 0 radical (unpaired) electrons. The Morgan fingerprint density at radius 1 is 0.865 bits per heavy atom. The molecule has 0 bridgehead atoms. The van der Waals surface area contributed by atoms with Crippen molar-refractivity contribution in [2.75, 3.05) is 19.8 Å². The topological polar surface area (TPSA) is 159 Å². The zero-order chi connectivity index (χ0) is 28.0. The van der Waals surface area contributed by atoms with Gasteiger partial charge in [-0.2, -0.15) is 0 Å². The predicted molar refractivity (Wildman–Crippen MR) is 130 cm³/mol. The molecular weight excluding hydrogens is 490 g/mol. The van der Waals surface area contributed by atoms with Crippen LogP contribution in [0.1, 0.15) is 59.9 Å². The Morgan fingerprint density at radius 2 is 1.43 bits per heavy atom. The lowest BCUT2D eigenvalue weighted by molar-refractivity contribution is -0.152. The summed E-state index contributed by atoms with van der Waals surface area (Å²) in [5, 5.41) is 0. The number of ether oxygens (including phenoxy) is 7. The highest BCUT2D eigenvalue weighted by Crippen LogP contribution is 2.30. The van der Waals surface area contributed by atoms with Gasteiger partial charge in [0.25, 0.3) is 0 Å². The van der Waals surface area contributed by atoms with Crippen molar-refractivity contribution in [3.8, 4) is 11.5 Å². The van der Waals surface area contributed by atoms with Crippen LogP contribution in [0.4, 0.5) is 14.4 Å². The van der Waals surface area contributed by atoms with Crippen molar-refractivity contribution in [3.05, 3.63) is 23.8 Å². The molecule has 1 aromatic carbocycles. The first-order chi connectivity index (χ1) is 17.3. The number of hydrogen-bond donors (Lipinski definition) is 1. The second-order valence-electron chi connectivity index (χ2n) is 9.02. The maximum absolute atomic E-state index is 12.4. The predicted octanol–water partition coefficient (Wildman–Crippen LogP) is 4.29. The molecule has 2 N–H and O–H groups in total. The monoisotopic (exact) mass is 527 g/mol. The van der Waals surface area contributed by atoms with Gasteiger partial charge in [0.2, 0.25) is 0 Å². The molecule has 0 unspecified atom stereocenters. The number of carbonyl (C=O) groups is 4. The van der Waals surface area contributed by atoms with E-state index in [-0.39, 0.29) is 37.7 Å². The van der Waals surface area contributed by atoms with Gasteiger partial charge in [-0.3, -0.25) is 4.79 Å². The van der Waals surface area contributed by atoms with Gasteiger partial charge in [-0.05, 0) is 64.7 Å². The molecule has 0 aliphatic carbocycles. The first-order valence-electron chi connectivity index (χ1n) is 12.0. The van der Waals surface area contributed by atoms with Gasteiger partial charge in [-0.25, -0.2) is 14.4 Å². The Kier molecular flexibility index (Phi) is 13.2. The van der Waals surface area contributed by atoms with Crippen molar-refractivity contribution in [3.63, 3.8) is 0 Å². The van der Waals surface area contributed by atoms with Gasteiger partial charge < -0.3 is 38.9 Å². The van der Waals surface area contributed by atoms with Crippen molar-refractivity contribution < 1.29 is 52.3 Å². The summed E-state index contributed by atoms with van der Waals surface area (Å²) in [5.74, 6) is -0.942. The molecule has 12 heteroatoms. The van der Waals surface area contributed by atoms with E-state index in [2.05, 4.69) is 0 Å². The first kappa shape index (κ1) is 31.5. The highest BCUT2D eigenvalue weighted by Gasteiger charge is 2.23.